The highest BCUT2D eigenvalue weighted by Gasteiger charge is 2.27. The molecule has 2 aliphatic heterocycles. The molecule has 0 amide bonds. The van der Waals surface area contributed by atoms with Gasteiger partial charge in [0.05, 0.1) is 11.0 Å². The highest BCUT2D eigenvalue weighted by molar-refractivity contribution is 5.77. The molecule has 1 aromatic carbocycles. The predicted octanol–water partition coefficient (Wildman–Crippen LogP) is 2.91. The smallest absolute Gasteiger partial charge is 0.111 e. The molecule has 1 unspecified atom stereocenters. The molecule has 3 aliphatic rings. The van der Waals surface area contributed by atoms with Crippen LogP contribution in [0.2, 0.25) is 0 Å². The lowest BCUT2D eigenvalue weighted by atomic mass is 9.91. The van der Waals surface area contributed by atoms with Crippen LogP contribution < -0.4 is 5.32 Å². The summed E-state index contributed by atoms with van der Waals surface area (Å²) in [7, 11) is 0. The van der Waals surface area contributed by atoms with Gasteiger partial charge in [-0.3, -0.25) is 4.90 Å². The van der Waals surface area contributed by atoms with Crippen molar-refractivity contribution in [3.8, 4) is 0 Å². The van der Waals surface area contributed by atoms with Gasteiger partial charge in [0.15, 0.2) is 0 Å². The normalized spacial score (nSPS) is 26.1. The number of nitrogens with zero attached hydrogens (tertiary/aromatic N) is 3. The molecule has 1 aromatic heterocycles. The number of hydrogen-bond acceptors (Lipinski definition) is 3. The summed E-state index contributed by atoms with van der Waals surface area (Å²) in [6, 6.07) is 7.89. The lowest BCUT2D eigenvalue weighted by Crippen LogP contribution is -2.41. The molecule has 1 N–H and O–H groups in total. The van der Waals surface area contributed by atoms with E-state index < -0.39 is 0 Å². The number of imidazole rings is 1. The molecule has 0 bridgehead atoms. The van der Waals surface area contributed by atoms with Gasteiger partial charge in [-0.1, -0.05) is 12.5 Å². The maximum Gasteiger partial charge on any atom is 0.111 e. The molecule has 0 spiro atoms. The van der Waals surface area contributed by atoms with E-state index in [1.165, 1.54) is 74.2 Å². The molecule has 4 heteroatoms. The summed E-state index contributed by atoms with van der Waals surface area (Å²) in [5, 5.41) is 3.53. The van der Waals surface area contributed by atoms with E-state index in [-0.39, 0.29) is 0 Å². The van der Waals surface area contributed by atoms with Crippen molar-refractivity contribution < 1.29 is 0 Å². The predicted molar refractivity (Wildman–Crippen MR) is 97.5 cm³/mol. The van der Waals surface area contributed by atoms with E-state index in [4.69, 9.17) is 4.98 Å². The van der Waals surface area contributed by atoms with Gasteiger partial charge < -0.3 is 9.88 Å². The van der Waals surface area contributed by atoms with Crippen LogP contribution in [-0.4, -0.2) is 46.7 Å². The molecule has 5 rings (SSSR count). The van der Waals surface area contributed by atoms with Crippen molar-refractivity contribution in [1.82, 2.24) is 19.8 Å². The minimum atomic E-state index is 0.666. The zero-order chi connectivity index (χ0) is 15.9. The topological polar surface area (TPSA) is 33.1 Å². The van der Waals surface area contributed by atoms with E-state index in [2.05, 4.69) is 33.0 Å². The Balaban J connectivity index is 1.41. The minimum absolute atomic E-state index is 0.666. The van der Waals surface area contributed by atoms with Crippen molar-refractivity contribution in [3.63, 3.8) is 0 Å². The Morgan fingerprint density at radius 2 is 2.00 bits per heavy atom. The molecule has 2 aromatic rings. The molecule has 128 valence electrons. The van der Waals surface area contributed by atoms with E-state index in [9.17, 15) is 0 Å². The highest BCUT2D eigenvalue weighted by atomic mass is 15.2. The molecule has 3 heterocycles. The first-order valence-corrected chi connectivity index (χ1v) is 9.82. The fraction of sp³-hybridized carbons (Fsp3) is 0.650. The van der Waals surface area contributed by atoms with Crippen LogP contribution in [0.15, 0.2) is 18.2 Å². The first kappa shape index (κ1) is 14.9. The summed E-state index contributed by atoms with van der Waals surface area (Å²) in [5.74, 6) is 1.96. The van der Waals surface area contributed by atoms with Crippen molar-refractivity contribution >= 4 is 11.0 Å². The van der Waals surface area contributed by atoms with Crippen molar-refractivity contribution in [2.75, 3.05) is 26.2 Å². The van der Waals surface area contributed by atoms with Gasteiger partial charge >= 0.3 is 0 Å². The second-order valence-corrected chi connectivity index (χ2v) is 7.84. The summed E-state index contributed by atoms with van der Waals surface area (Å²) >= 11 is 0. The molecule has 1 aliphatic carbocycles. The van der Waals surface area contributed by atoms with E-state index >= 15 is 0 Å². The van der Waals surface area contributed by atoms with Gasteiger partial charge in [-0.15, -0.1) is 0 Å². The van der Waals surface area contributed by atoms with Crippen LogP contribution in [-0.2, 0) is 13.0 Å². The van der Waals surface area contributed by atoms with Crippen LogP contribution in [0.3, 0.4) is 0 Å². The first-order valence-electron chi connectivity index (χ1n) is 9.82. The third kappa shape index (κ3) is 2.56. The van der Waals surface area contributed by atoms with Gasteiger partial charge in [0.1, 0.15) is 5.82 Å². The molecular weight excluding hydrogens is 296 g/mol. The maximum atomic E-state index is 5.02. The maximum absolute atomic E-state index is 5.02. The molecule has 1 saturated carbocycles. The Morgan fingerprint density at radius 1 is 1.04 bits per heavy atom. The summed E-state index contributed by atoms with van der Waals surface area (Å²) in [6.45, 7) is 5.78. The lowest BCUT2D eigenvalue weighted by molar-refractivity contribution is 0.130. The Morgan fingerprint density at radius 3 is 2.79 bits per heavy atom. The van der Waals surface area contributed by atoms with Crippen LogP contribution in [0.5, 0.6) is 0 Å². The first-order chi connectivity index (χ1) is 11.9. The fourth-order valence-corrected chi connectivity index (χ4v) is 4.73. The minimum Gasteiger partial charge on any atom is -0.327 e. The van der Waals surface area contributed by atoms with E-state index in [0.29, 0.717) is 5.92 Å². The van der Waals surface area contributed by atoms with Crippen molar-refractivity contribution in [3.05, 3.63) is 29.6 Å². The SMILES string of the molecule is c1cc2c(cc1C1CCCNC1)nc1n2CCN(C2CCC2)CC1. The largest absolute Gasteiger partial charge is 0.327 e. The zero-order valence-electron chi connectivity index (χ0n) is 14.5. The van der Waals surface area contributed by atoms with Crippen LogP contribution >= 0.6 is 0 Å². The van der Waals surface area contributed by atoms with Gasteiger partial charge in [0.25, 0.3) is 0 Å². The number of aromatic nitrogens is 2. The molecule has 1 saturated heterocycles. The third-order valence-electron chi connectivity index (χ3n) is 6.44. The van der Waals surface area contributed by atoms with Gasteiger partial charge in [-0.25, -0.2) is 4.98 Å². The lowest BCUT2D eigenvalue weighted by Gasteiger charge is -2.36. The summed E-state index contributed by atoms with van der Waals surface area (Å²) < 4.78 is 2.48. The van der Waals surface area contributed by atoms with Gasteiger partial charge in [0.2, 0.25) is 0 Å². The Labute approximate surface area is 144 Å². The third-order valence-corrected chi connectivity index (χ3v) is 6.44. The van der Waals surface area contributed by atoms with E-state index in [1.54, 1.807) is 0 Å². The average Bonchev–Trinajstić information content (AvgIpc) is 2.81. The molecule has 1 atom stereocenters. The van der Waals surface area contributed by atoms with Crippen molar-refractivity contribution in [2.24, 2.45) is 0 Å². The quantitative estimate of drug-likeness (QED) is 0.922. The number of benzene rings is 1. The Kier molecular flexibility index (Phi) is 3.83. The van der Waals surface area contributed by atoms with Crippen LogP contribution in [0.25, 0.3) is 11.0 Å². The molecule has 4 nitrogen and oxygen atoms in total. The monoisotopic (exact) mass is 324 g/mol. The van der Waals surface area contributed by atoms with Crippen LogP contribution in [0.4, 0.5) is 0 Å². The molecule has 2 fully saturated rings. The number of fused-ring (bicyclic) bond motifs is 3. The van der Waals surface area contributed by atoms with Gasteiger partial charge in [0, 0.05) is 38.6 Å². The fourth-order valence-electron chi connectivity index (χ4n) is 4.73. The summed E-state index contributed by atoms with van der Waals surface area (Å²) in [6.07, 6.45) is 7.93. The standard InChI is InChI=1S/C20H28N4/c1-4-17(5-1)23-10-8-20-22-18-13-15(16-3-2-9-21-14-16)6-7-19(18)24(20)12-11-23/h6-7,13,16-17,21H,1-5,8-12,14H2. The molecule has 24 heavy (non-hydrogen) atoms. The van der Waals surface area contributed by atoms with Crippen molar-refractivity contribution in [1.29, 1.82) is 0 Å². The van der Waals surface area contributed by atoms with E-state index in [0.717, 1.165) is 25.6 Å². The molecular formula is C20H28N4. The van der Waals surface area contributed by atoms with E-state index in [1.807, 2.05) is 0 Å². The molecule has 0 radical (unpaired) electrons. The second-order valence-electron chi connectivity index (χ2n) is 7.84. The average molecular weight is 324 g/mol. The van der Waals surface area contributed by atoms with Crippen molar-refractivity contribution in [2.45, 2.75) is 57.0 Å². The number of piperidine rings is 1. The van der Waals surface area contributed by atoms with Crippen LogP contribution in [0.1, 0.15) is 49.4 Å². The summed E-state index contributed by atoms with van der Waals surface area (Å²) in [4.78, 5) is 7.72. The Hall–Kier alpha value is -1.39. The highest BCUT2D eigenvalue weighted by Crippen LogP contribution is 2.29. The number of rotatable bonds is 2. The number of nitrogens with one attached hydrogen (secondary N) is 1. The van der Waals surface area contributed by atoms with Gasteiger partial charge in [-0.05, 0) is 55.8 Å². The number of hydrogen-bond donors (Lipinski definition) is 1. The second kappa shape index (κ2) is 6.16. The van der Waals surface area contributed by atoms with Gasteiger partial charge in [-0.2, -0.15) is 0 Å². The Bertz CT molecular complexity index is 725. The summed E-state index contributed by atoms with van der Waals surface area (Å²) in [5.41, 5.74) is 4.03. The zero-order valence-corrected chi connectivity index (χ0v) is 14.5. The van der Waals surface area contributed by atoms with Crippen LogP contribution in [0, 0.1) is 0 Å².